The lowest BCUT2D eigenvalue weighted by Gasteiger charge is -2.13. The Hall–Kier alpha value is -1.59. The largest absolute Gasteiger partial charge is 0.480 e. The molecule has 0 aliphatic carbocycles. The van der Waals surface area contributed by atoms with Crippen molar-refractivity contribution in [2.75, 3.05) is 0 Å². The molecule has 0 saturated carbocycles. The lowest BCUT2D eigenvalue weighted by molar-refractivity contribution is -0.142. The number of hydrogen-bond acceptors (Lipinski definition) is 3. The fraction of sp³-hybridized carbons (Fsp3) is 0.769. The summed E-state index contributed by atoms with van der Waals surface area (Å²) in [6.45, 7) is 2.11. The van der Waals surface area contributed by atoms with Gasteiger partial charge in [0, 0.05) is 12.8 Å². The predicted molar refractivity (Wildman–Crippen MR) is 71.4 cm³/mol. The molecule has 0 aliphatic rings. The molecule has 0 radical (unpaired) electrons. The van der Waals surface area contributed by atoms with Crippen molar-refractivity contribution in [1.82, 2.24) is 5.32 Å². The van der Waals surface area contributed by atoms with Crippen LogP contribution in [0.25, 0.3) is 0 Å². The highest BCUT2D eigenvalue weighted by molar-refractivity contribution is 5.84. The van der Waals surface area contributed by atoms with E-state index < -0.39 is 17.9 Å². The molecule has 0 saturated heterocycles. The fourth-order valence-electron chi connectivity index (χ4n) is 1.70. The number of carbonyl (C=O) groups excluding carboxylic acids is 2. The first kappa shape index (κ1) is 17.4. The van der Waals surface area contributed by atoms with E-state index in [0.717, 1.165) is 32.1 Å². The van der Waals surface area contributed by atoms with Crippen LogP contribution in [0, 0.1) is 0 Å². The third-order valence-corrected chi connectivity index (χ3v) is 2.82. The summed E-state index contributed by atoms with van der Waals surface area (Å²) in [7, 11) is 0. The Labute approximate surface area is 113 Å². The molecular weight excluding hydrogens is 248 g/mol. The van der Waals surface area contributed by atoms with E-state index in [2.05, 4.69) is 12.2 Å². The van der Waals surface area contributed by atoms with Crippen molar-refractivity contribution in [3.05, 3.63) is 0 Å². The van der Waals surface area contributed by atoms with E-state index >= 15 is 0 Å². The average Bonchev–Trinajstić information content (AvgIpc) is 2.33. The summed E-state index contributed by atoms with van der Waals surface area (Å²) < 4.78 is 0. The quantitative estimate of drug-likeness (QED) is 0.490. The first-order valence-corrected chi connectivity index (χ1v) is 6.77. The monoisotopic (exact) mass is 272 g/mol. The molecule has 0 fully saturated rings. The van der Waals surface area contributed by atoms with E-state index in [9.17, 15) is 14.4 Å². The fourth-order valence-corrected chi connectivity index (χ4v) is 1.70. The van der Waals surface area contributed by atoms with E-state index in [1.165, 1.54) is 0 Å². The number of carboxylic acid groups (broad SMARTS) is 1. The first-order valence-electron chi connectivity index (χ1n) is 6.77. The van der Waals surface area contributed by atoms with Gasteiger partial charge >= 0.3 is 5.97 Å². The van der Waals surface area contributed by atoms with Gasteiger partial charge in [0.05, 0.1) is 0 Å². The van der Waals surface area contributed by atoms with Gasteiger partial charge in [-0.25, -0.2) is 4.79 Å². The summed E-state index contributed by atoms with van der Waals surface area (Å²) in [4.78, 5) is 33.0. The number of carboxylic acids is 1. The second-order valence-corrected chi connectivity index (χ2v) is 4.63. The Bertz CT molecular complexity index is 305. The number of unbranched alkanes of at least 4 members (excludes halogenated alkanes) is 4. The molecule has 2 amide bonds. The van der Waals surface area contributed by atoms with Crippen LogP contribution >= 0.6 is 0 Å². The van der Waals surface area contributed by atoms with Gasteiger partial charge in [-0.05, 0) is 12.8 Å². The third-order valence-electron chi connectivity index (χ3n) is 2.82. The molecule has 110 valence electrons. The number of amides is 2. The highest BCUT2D eigenvalue weighted by atomic mass is 16.4. The van der Waals surface area contributed by atoms with Crippen LogP contribution in [0.3, 0.4) is 0 Å². The molecular formula is C13H24N2O4. The number of nitrogens with one attached hydrogen (secondary N) is 1. The van der Waals surface area contributed by atoms with Crippen molar-refractivity contribution in [2.24, 2.45) is 5.73 Å². The number of nitrogens with two attached hydrogens (primary N) is 1. The zero-order valence-electron chi connectivity index (χ0n) is 11.5. The van der Waals surface area contributed by atoms with Crippen LogP contribution in [0.2, 0.25) is 0 Å². The number of primary amides is 1. The molecule has 6 heteroatoms. The zero-order valence-corrected chi connectivity index (χ0v) is 11.5. The van der Waals surface area contributed by atoms with Crippen LogP contribution < -0.4 is 11.1 Å². The van der Waals surface area contributed by atoms with Crippen molar-refractivity contribution in [3.63, 3.8) is 0 Å². The number of rotatable bonds is 11. The smallest absolute Gasteiger partial charge is 0.326 e. The Balaban J connectivity index is 3.90. The van der Waals surface area contributed by atoms with Crippen LogP contribution in [0.4, 0.5) is 0 Å². The molecule has 0 aromatic rings. The minimum Gasteiger partial charge on any atom is -0.480 e. The van der Waals surface area contributed by atoms with Gasteiger partial charge in [0.15, 0.2) is 0 Å². The van der Waals surface area contributed by atoms with Crippen molar-refractivity contribution in [3.8, 4) is 0 Å². The van der Waals surface area contributed by atoms with Crippen LogP contribution in [-0.4, -0.2) is 28.9 Å². The van der Waals surface area contributed by atoms with E-state index in [-0.39, 0.29) is 18.7 Å². The molecule has 19 heavy (non-hydrogen) atoms. The molecule has 0 rings (SSSR count). The van der Waals surface area contributed by atoms with Gasteiger partial charge in [0.25, 0.3) is 0 Å². The van der Waals surface area contributed by atoms with Crippen LogP contribution in [0.5, 0.6) is 0 Å². The molecule has 6 nitrogen and oxygen atoms in total. The standard InChI is InChI=1S/C13H24N2O4/c1-2-3-4-5-6-7-12(17)15-10(13(18)19)8-9-11(14)16/h10H,2-9H2,1H3,(H2,14,16)(H,15,17)(H,18,19). The second-order valence-electron chi connectivity index (χ2n) is 4.63. The topological polar surface area (TPSA) is 109 Å². The van der Waals surface area contributed by atoms with E-state index in [0.29, 0.717) is 6.42 Å². The van der Waals surface area contributed by atoms with Crippen LogP contribution in [0.15, 0.2) is 0 Å². The minimum absolute atomic E-state index is 0.0340. The molecule has 0 aromatic carbocycles. The summed E-state index contributed by atoms with van der Waals surface area (Å²) in [6.07, 6.45) is 5.42. The summed E-state index contributed by atoms with van der Waals surface area (Å²) >= 11 is 0. The SMILES string of the molecule is CCCCCCCC(=O)NC(CCC(N)=O)C(=O)O. The number of hydrogen-bond donors (Lipinski definition) is 3. The lowest BCUT2D eigenvalue weighted by atomic mass is 10.1. The molecule has 0 bridgehead atoms. The molecule has 0 aliphatic heterocycles. The normalized spacial score (nSPS) is 11.8. The molecule has 0 spiro atoms. The second kappa shape index (κ2) is 10.3. The van der Waals surface area contributed by atoms with Crippen molar-refractivity contribution in [1.29, 1.82) is 0 Å². The van der Waals surface area contributed by atoms with Gasteiger partial charge in [-0.15, -0.1) is 0 Å². The first-order chi connectivity index (χ1) is 8.97. The predicted octanol–water partition coefficient (Wildman–Crippen LogP) is 1.18. The maximum Gasteiger partial charge on any atom is 0.326 e. The van der Waals surface area contributed by atoms with Crippen LogP contribution in [0.1, 0.15) is 58.3 Å². The Morgan fingerprint density at radius 2 is 1.74 bits per heavy atom. The Morgan fingerprint density at radius 3 is 2.26 bits per heavy atom. The summed E-state index contributed by atoms with van der Waals surface area (Å²) in [5.41, 5.74) is 4.95. The van der Waals surface area contributed by atoms with Crippen LogP contribution in [-0.2, 0) is 14.4 Å². The zero-order chi connectivity index (χ0) is 14.7. The molecule has 4 N–H and O–H groups in total. The molecule has 0 heterocycles. The van der Waals surface area contributed by atoms with Gasteiger partial charge in [-0.2, -0.15) is 0 Å². The Kier molecular flexibility index (Phi) is 9.48. The maximum atomic E-state index is 11.5. The molecule has 0 aromatic heterocycles. The Morgan fingerprint density at radius 1 is 1.11 bits per heavy atom. The third kappa shape index (κ3) is 10.1. The highest BCUT2D eigenvalue weighted by Gasteiger charge is 2.19. The molecule has 1 unspecified atom stereocenters. The van der Waals surface area contributed by atoms with Gasteiger partial charge in [0.1, 0.15) is 6.04 Å². The average molecular weight is 272 g/mol. The summed E-state index contributed by atoms with van der Waals surface area (Å²) in [5, 5.41) is 11.3. The number of aliphatic carboxylic acids is 1. The maximum absolute atomic E-state index is 11.5. The van der Waals surface area contributed by atoms with Gasteiger partial charge in [-0.3, -0.25) is 9.59 Å². The lowest BCUT2D eigenvalue weighted by Crippen LogP contribution is -2.41. The van der Waals surface area contributed by atoms with E-state index in [4.69, 9.17) is 10.8 Å². The minimum atomic E-state index is -1.14. The van der Waals surface area contributed by atoms with Crippen molar-refractivity contribution in [2.45, 2.75) is 64.3 Å². The highest BCUT2D eigenvalue weighted by Crippen LogP contribution is 2.05. The van der Waals surface area contributed by atoms with E-state index in [1.54, 1.807) is 0 Å². The van der Waals surface area contributed by atoms with Gasteiger partial charge < -0.3 is 16.2 Å². The van der Waals surface area contributed by atoms with E-state index in [1.807, 2.05) is 0 Å². The van der Waals surface area contributed by atoms with Gasteiger partial charge in [0.2, 0.25) is 11.8 Å². The summed E-state index contributed by atoms with van der Waals surface area (Å²) in [5.74, 6) is -1.99. The van der Waals surface area contributed by atoms with Crippen molar-refractivity contribution >= 4 is 17.8 Å². The number of carbonyl (C=O) groups is 3. The van der Waals surface area contributed by atoms with Gasteiger partial charge in [-0.1, -0.05) is 32.6 Å². The molecule has 1 atom stereocenters. The summed E-state index contributed by atoms with van der Waals surface area (Å²) in [6, 6.07) is -1.03. The van der Waals surface area contributed by atoms with Crippen molar-refractivity contribution < 1.29 is 19.5 Å².